The summed E-state index contributed by atoms with van der Waals surface area (Å²) < 4.78 is 0. The first kappa shape index (κ1) is 8.92. The van der Waals surface area contributed by atoms with Crippen molar-refractivity contribution >= 4 is 0 Å². The maximum absolute atomic E-state index is 8.44. The molecule has 0 bridgehead atoms. The molecule has 1 atom stereocenters. The summed E-state index contributed by atoms with van der Waals surface area (Å²) in [4.78, 5) is 0. The van der Waals surface area contributed by atoms with Gasteiger partial charge in [-0.05, 0) is 18.8 Å². The minimum atomic E-state index is 0.261. The van der Waals surface area contributed by atoms with Gasteiger partial charge in [0.15, 0.2) is 0 Å². The lowest BCUT2D eigenvalue weighted by molar-refractivity contribution is 0.273. The molecule has 9 heavy (non-hydrogen) atoms. The number of nitrogens with two attached hydrogens (primary N) is 1. The molecule has 2 heteroatoms. The van der Waals surface area contributed by atoms with Crippen LogP contribution in [0.25, 0.3) is 0 Å². The van der Waals surface area contributed by atoms with E-state index in [9.17, 15) is 0 Å². The monoisotopic (exact) mass is 131 g/mol. The number of aliphatic hydroxyl groups excluding tert-OH is 1. The van der Waals surface area contributed by atoms with E-state index in [0.717, 1.165) is 12.8 Å². The Kier molecular flexibility index (Phi) is 4.72. The van der Waals surface area contributed by atoms with E-state index in [2.05, 4.69) is 13.8 Å². The first-order chi connectivity index (χ1) is 4.18. The van der Waals surface area contributed by atoms with E-state index in [-0.39, 0.29) is 12.6 Å². The van der Waals surface area contributed by atoms with E-state index in [1.165, 1.54) is 0 Å². The Hall–Kier alpha value is -0.0800. The van der Waals surface area contributed by atoms with Crippen molar-refractivity contribution in [1.29, 1.82) is 0 Å². The second kappa shape index (κ2) is 4.77. The lowest BCUT2D eigenvalue weighted by Crippen LogP contribution is -2.26. The molecular weight excluding hydrogens is 114 g/mol. The molecule has 0 aliphatic rings. The van der Waals surface area contributed by atoms with Gasteiger partial charge >= 0.3 is 0 Å². The van der Waals surface area contributed by atoms with Crippen LogP contribution in [0.2, 0.25) is 0 Å². The summed E-state index contributed by atoms with van der Waals surface area (Å²) in [6.07, 6.45) is 1.77. The van der Waals surface area contributed by atoms with Gasteiger partial charge < -0.3 is 10.8 Å². The Morgan fingerprint density at radius 2 is 2.00 bits per heavy atom. The van der Waals surface area contributed by atoms with Gasteiger partial charge in [-0.3, -0.25) is 0 Å². The van der Waals surface area contributed by atoms with Crippen LogP contribution in [0.3, 0.4) is 0 Å². The highest BCUT2D eigenvalue weighted by atomic mass is 16.2. The normalized spacial score (nSPS) is 14.3. The molecule has 0 aliphatic carbocycles. The van der Waals surface area contributed by atoms with Crippen LogP contribution in [0.4, 0.5) is 0 Å². The van der Waals surface area contributed by atoms with Gasteiger partial charge in [0.1, 0.15) is 0 Å². The highest BCUT2D eigenvalue weighted by molar-refractivity contribution is 4.63. The van der Waals surface area contributed by atoms with Gasteiger partial charge in [0.2, 0.25) is 0 Å². The van der Waals surface area contributed by atoms with E-state index in [0.29, 0.717) is 5.92 Å². The third kappa shape index (κ3) is 4.43. The van der Waals surface area contributed by atoms with Crippen molar-refractivity contribution in [2.45, 2.75) is 32.7 Å². The molecule has 0 aromatic rings. The van der Waals surface area contributed by atoms with E-state index < -0.39 is 0 Å². The van der Waals surface area contributed by atoms with Crippen LogP contribution in [0, 0.1) is 5.92 Å². The fraction of sp³-hybridized carbons (Fsp3) is 1.00. The Labute approximate surface area is 57.1 Å². The maximum Gasteiger partial charge on any atom is 0.0431 e. The van der Waals surface area contributed by atoms with Crippen molar-refractivity contribution in [2.24, 2.45) is 11.7 Å². The van der Waals surface area contributed by atoms with E-state index in [1.54, 1.807) is 0 Å². The average Bonchev–Trinajstić information content (AvgIpc) is 1.82. The van der Waals surface area contributed by atoms with E-state index in [4.69, 9.17) is 10.8 Å². The minimum absolute atomic E-state index is 0.261. The largest absolute Gasteiger partial charge is 0.396 e. The van der Waals surface area contributed by atoms with Gasteiger partial charge in [-0.2, -0.15) is 0 Å². The molecular formula is C7H17NO. The number of hydrogen-bond acceptors (Lipinski definition) is 2. The molecule has 0 heterocycles. The van der Waals surface area contributed by atoms with Gasteiger partial charge in [-0.15, -0.1) is 0 Å². The summed E-state index contributed by atoms with van der Waals surface area (Å²) in [5.41, 5.74) is 5.69. The molecule has 0 aliphatic heterocycles. The summed E-state index contributed by atoms with van der Waals surface area (Å²) >= 11 is 0. The fourth-order valence-corrected chi connectivity index (χ4v) is 0.660. The van der Waals surface area contributed by atoms with Crippen molar-refractivity contribution in [3.63, 3.8) is 0 Å². The third-order valence-electron chi connectivity index (χ3n) is 1.55. The van der Waals surface area contributed by atoms with Gasteiger partial charge in [0.25, 0.3) is 0 Å². The van der Waals surface area contributed by atoms with Gasteiger partial charge in [0, 0.05) is 12.6 Å². The second-order valence-electron chi connectivity index (χ2n) is 2.77. The SMILES string of the molecule is CC(C)[C@@H](N)CCCO. The molecule has 0 rings (SSSR count). The molecule has 2 nitrogen and oxygen atoms in total. The quantitative estimate of drug-likeness (QED) is 0.591. The minimum Gasteiger partial charge on any atom is -0.396 e. The second-order valence-corrected chi connectivity index (χ2v) is 2.77. The lowest BCUT2D eigenvalue weighted by Gasteiger charge is -2.13. The van der Waals surface area contributed by atoms with Crippen molar-refractivity contribution in [3.05, 3.63) is 0 Å². The summed E-state index contributed by atoms with van der Waals surface area (Å²) in [5, 5.41) is 8.44. The molecule has 0 aromatic heterocycles. The zero-order valence-electron chi connectivity index (χ0n) is 6.30. The van der Waals surface area contributed by atoms with Crippen LogP contribution in [0.1, 0.15) is 26.7 Å². The molecule has 0 saturated heterocycles. The molecule has 0 unspecified atom stereocenters. The van der Waals surface area contributed by atoms with Crippen LogP contribution < -0.4 is 5.73 Å². The molecule has 3 N–H and O–H groups in total. The number of aliphatic hydroxyl groups is 1. The number of hydrogen-bond donors (Lipinski definition) is 2. The van der Waals surface area contributed by atoms with Crippen LogP contribution >= 0.6 is 0 Å². The maximum atomic E-state index is 8.44. The number of rotatable bonds is 4. The first-order valence-corrected chi connectivity index (χ1v) is 3.55. The molecule has 0 fully saturated rings. The molecule has 0 aromatic carbocycles. The summed E-state index contributed by atoms with van der Waals surface area (Å²) in [7, 11) is 0. The van der Waals surface area contributed by atoms with Gasteiger partial charge in [-0.1, -0.05) is 13.8 Å². The van der Waals surface area contributed by atoms with Crippen molar-refractivity contribution < 1.29 is 5.11 Å². The Morgan fingerprint density at radius 1 is 1.44 bits per heavy atom. The highest BCUT2D eigenvalue weighted by Gasteiger charge is 2.05. The van der Waals surface area contributed by atoms with Crippen LogP contribution in [0.5, 0.6) is 0 Å². The predicted octanol–water partition coefficient (Wildman–Crippen LogP) is 0.742. The lowest BCUT2D eigenvalue weighted by atomic mass is 10.0. The molecule has 0 radical (unpaired) electrons. The standard InChI is InChI=1S/C7H17NO/c1-6(2)7(8)4-3-5-9/h6-7,9H,3-5,8H2,1-2H3/t7-/m0/s1. The molecule has 0 amide bonds. The molecule has 0 saturated carbocycles. The van der Waals surface area contributed by atoms with E-state index >= 15 is 0 Å². The zero-order valence-corrected chi connectivity index (χ0v) is 6.30. The third-order valence-corrected chi connectivity index (χ3v) is 1.55. The Morgan fingerprint density at radius 3 is 2.33 bits per heavy atom. The van der Waals surface area contributed by atoms with Crippen LogP contribution in [-0.4, -0.2) is 17.8 Å². The van der Waals surface area contributed by atoms with Gasteiger partial charge in [0.05, 0.1) is 0 Å². The van der Waals surface area contributed by atoms with Crippen molar-refractivity contribution in [1.82, 2.24) is 0 Å². The Balaban J connectivity index is 3.16. The van der Waals surface area contributed by atoms with Crippen molar-refractivity contribution in [3.8, 4) is 0 Å². The molecule has 56 valence electrons. The molecule has 0 spiro atoms. The topological polar surface area (TPSA) is 46.2 Å². The van der Waals surface area contributed by atoms with Gasteiger partial charge in [-0.25, -0.2) is 0 Å². The highest BCUT2D eigenvalue weighted by Crippen LogP contribution is 2.04. The summed E-state index contributed by atoms with van der Waals surface area (Å²) in [6.45, 7) is 4.46. The zero-order chi connectivity index (χ0) is 7.28. The van der Waals surface area contributed by atoms with E-state index in [1.807, 2.05) is 0 Å². The van der Waals surface area contributed by atoms with Crippen LogP contribution in [0.15, 0.2) is 0 Å². The Bertz CT molecular complexity index is 63.9. The first-order valence-electron chi connectivity index (χ1n) is 3.55. The fourth-order valence-electron chi connectivity index (χ4n) is 0.660. The smallest absolute Gasteiger partial charge is 0.0431 e. The van der Waals surface area contributed by atoms with Crippen molar-refractivity contribution in [2.75, 3.05) is 6.61 Å². The summed E-state index contributed by atoms with van der Waals surface area (Å²) in [5.74, 6) is 0.538. The average molecular weight is 131 g/mol. The predicted molar refractivity (Wildman–Crippen MR) is 39.1 cm³/mol. The summed E-state index contributed by atoms with van der Waals surface area (Å²) in [6, 6.07) is 0.261. The van der Waals surface area contributed by atoms with Crippen LogP contribution in [-0.2, 0) is 0 Å².